The summed E-state index contributed by atoms with van der Waals surface area (Å²) in [6, 6.07) is 3.09. The lowest BCUT2D eigenvalue weighted by atomic mass is 10.3. The number of hydrogen-bond acceptors (Lipinski definition) is 3. The van der Waals surface area contributed by atoms with Crippen molar-refractivity contribution < 1.29 is 13.9 Å². The summed E-state index contributed by atoms with van der Waals surface area (Å²) in [5.74, 6) is -1.34. The van der Waals surface area contributed by atoms with Gasteiger partial charge in [-0.3, -0.25) is 0 Å². The van der Waals surface area contributed by atoms with Crippen LogP contribution in [0.15, 0.2) is 24.4 Å². The molecule has 0 bridgehead atoms. The van der Waals surface area contributed by atoms with Gasteiger partial charge in [-0.25, -0.2) is 13.5 Å². The van der Waals surface area contributed by atoms with Crippen LogP contribution < -0.4 is 0 Å². The van der Waals surface area contributed by atoms with Gasteiger partial charge in [0.15, 0.2) is 0 Å². The Morgan fingerprint density at radius 2 is 1.88 bits per heavy atom. The van der Waals surface area contributed by atoms with E-state index >= 15 is 0 Å². The summed E-state index contributed by atoms with van der Waals surface area (Å²) in [5.41, 5.74) is 0.821. The normalized spacial score (nSPS) is 10.7. The maximum Gasteiger partial charge on any atom is 0.128 e. The average molecular weight is 225 g/mol. The Kier molecular flexibility index (Phi) is 2.91. The molecule has 0 unspecified atom stereocenters. The van der Waals surface area contributed by atoms with E-state index in [9.17, 15) is 8.78 Å². The minimum atomic E-state index is -0.672. The first-order valence-corrected chi connectivity index (χ1v) is 4.67. The number of aliphatic hydroxyl groups excluding tert-OH is 1. The van der Waals surface area contributed by atoms with Gasteiger partial charge in [0.1, 0.15) is 11.6 Å². The van der Waals surface area contributed by atoms with E-state index in [2.05, 4.69) is 10.3 Å². The van der Waals surface area contributed by atoms with Gasteiger partial charge in [-0.05, 0) is 12.1 Å². The molecule has 2 aromatic rings. The average Bonchev–Trinajstić information content (AvgIpc) is 2.65. The lowest BCUT2D eigenvalue weighted by Gasteiger charge is -2.00. The van der Waals surface area contributed by atoms with Crippen molar-refractivity contribution in [1.82, 2.24) is 15.0 Å². The fraction of sp³-hybridized carbons (Fsp3) is 0.200. The molecule has 2 rings (SSSR count). The third-order valence-electron chi connectivity index (χ3n) is 2.02. The summed E-state index contributed by atoms with van der Waals surface area (Å²) in [5, 5.41) is 16.1. The monoisotopic (exact) mass is 225 g/mol. The molecule has 0 fully saturated rings. The first-order chi connectivity index (χ1) is 7.69. The molecule has 0 saturated carbocycles. The van der Waals surface area contributed by atoms with Gasteiger partial charge < -0.3 is 5.11 Å². The van der Waals surface area contributed by atoms with Gasteiger partial charge in [-0.1, -0.05) is 5.21 Å². The van der Waals surface area contributed by atoms with Crippen LogP contribution in [0.1, 0.15) is 5.69 Å². The van der Waals surface area contributed by atoms with E-state index in [1.54, 1.807) is 0 Å². The highest BCUT2D eigenvalue weighted by molar-refractivity contribution is 5.31. The van der Waals surface area contributed by atoms with Crippen LogP contribution in [-0.2, 0) is 6.42 Å². The molecule has 4 nitrogen and oxygen atoms in total. The van der Waals surface area contributed by atoms with E-state index in [4.69, 9.17) is 5.11 Å². The first kappa shape index (κ1) is 10.7. The number of halogens is 2. The fourth-order valence-electron chi connectivity index (χ4n) is 1.33. The zero-order valence-electron chi connectivity index (χ0n) is 8.27. The number of nitrogens with zero attached hydrogens (tertiary/aromatic N) is 3. The molecule has 0 atom stereocenters. The van der Waals surface area contributed by atoms with Gasteiger partial charge in [0.05, 0.1) is 17.6 Å². The number of aromatic nitrogens is 3. The topological polar surface area (TPSA) is 50.9 Å². The Bertz CT molecular complexity index is 478. The Morgan fingerprint density at radius 3 is 2.50 bits per heavy atom. The third-order valence-corrected chi connectivity index (χ3v) is 2.02. The van der Waals surface area contributed by atoms with E-state index < -0.39 is 11.6 Å². The highest BCUT2D eigenvalue weighted by Gasteiger charge is 2.05. The SMILES string of the molecule is OCCc1cn(-c2cc(F)cc(F)c2)nn1. The van der Waals surface area contributed by atoms with Crippen LogP contribution in [0.4, 0.5) is 8.78 Å². The van der Waals surface area contributed by atoms with Crippen molar-refractivity contribution >= 4 is 0 Å². The largest absolute Gasteiger partial charge is 0.396 e. The Balaban J connectivity index is 2.34. The van der Waals surface area contributed by atoms with Crippen LogP contribution in [-0.4, -0.2) is 26.7 Å². The molecule has 0 spiro atoms. The van der Waals surface area contributed by atoms with Crippen LogP contribution >= 0.6 is 0 Å². The smallest absolute Gasteiger partial charge is 0.128 e. The Labute approximate surface area is 90.1 Å². The van der Waals surface area contributed by atoms with Gasteiger partial charge in [0.25, 0.3) is 0 Å². The van der Waals surface area contributed by atoms with E-state index in [-0.39, 0.29) is 12.3 Å². The summed E-state index contributed by atoms with van der Waals surface area (Å²) in [6.45, 7) is -0.0454. The molecule has 0 aliphatic rings. The third kappa shape index (κ3) is 2.22. The van der Waals surface area contributed by atoms with Crippen LogP contribution in [0, 0.1) is 11.6 Å². The molecular formula is C10H9F2N3O. The first-order valence-electron chi connectivity index (χ1n) is 4.67. The van der Waals surface area contributed by atoms with Crippen molar-refractivity contribution in [3.05, 3.63) is 41.7 Å². The highest BCUT2D eigenvalue weighted by atomic mass is 19.1. The van der Waals surface area contributed by atoms with Crippen molar-refractivity contribution in [2.45, 2.75) is 6.42 Å². The van der Waals surface area contributed by atoms with Gasteiger partial charge in [-0.15, -0.1) is 5.10 Å². The zero-order valence-corrected chi connectivity index (χ0v) is 8.27. The van der Waals surface area contributed by atoms with Gasteiger partial charge in [-0.2, -0.15) is 0 Å². The number of hydrogen-bond donors (Lipinski definition) is 1. The molecule has 0 amide bonds. The van der Waals surface area contributed by atoms with Crippen molar-refractivity contribution in [1.29, 1.82) is 0 Å². The summed E-state index contributed by atoms with van der Waals surface area (Å²) >= 11 is 0. The zero-order chi connectivity index (χ0) is 11.5. The molecule has 1 aromatic heterocycles. The number of rotatable bonds is 3. The standard InChI is InChI=1S/C10H9F2N3O/c11-7-3-8(12)5-10(4-7)15-6-9(1-2-16)13-14-15/h3-6,16H,1-2H2. The predicted octanol–water partition coefficient (Wildman–Crippen LogP) is 1.08. The fourth-order valence-corrected chi connectivity index (χ4v) is 1.33. The van der Waals surface area contributed by atoms with Crippen LogP contribution in [0.25, 0.3) is 5.69 Å². The molecule has 0 radical (unpaired) electrons. The molecular weight excluding hydrogens is 216 g/mol. The summed E-state index contributed by atoms with van der Waals surface area (Å²) in [4.78, 5) is 0. The van der Waals surface area contributed by atoms with Crippen molar-refractivity contribution in [2.75, 3.05) is 6.61 Å². The van der Waals surface area contributed by atoms with E-state index in [1.807, 2.05) is 0 Å². The minimum Gasteiger partial charge on any atom is -0.396 e. The quantitative estimate of drug-likeness (QED) is 0.850. The number of aliphatic hydroxyl groups is 1. The second kappa shape index (κ2) is 4.36. The lowest BCUT2D eigenvalue weighted by molar-refractivity contribution is 0.298. The van der Waals surface area contributed by atoms with Crippen molar-refractivity contribution in [3.8, 4) is 5.69 Å². The second-order valence-electron chi connectivity index (χ2n) is 3.26. The molecule has 6 heteroatoms. The Morgan fingerprint density at radius 1 is 1.19 bits per heavy atom. The summed E-state index contributed by atoms with van der Waals surface area (Å²) in [7, 11) is 0. The minimum absolute atomic E-state index is 0.0454. The highest BCUT2D eigenvalue weighted by Crippen LogP contribution is 2.12. The molecule has 1 heterocycles. The predicted molar refractivity (Wildman–Crippen MR) is 52.1 cm³/mol. The maximum atomic E-state index is 12.9. The molecule has 84 valence electrons. The summed E-state index contributed by atoms with van der Waals surface area (Å²) < 4.78 is 27.1. The van der Waals surface area contributed by atoms with E-state index in [0.717, 1.165) is 18.2 Å². The molecule has 0 aliphatic carbocycles. The van der Waals surface area contributed by atoms with Gasteiger partial charge >= 0.3 is 0 Å². The lowest BCUT2D eigenvalue weighted by Crippen LogP contribution is -1.96. The molecule has 1 aromatic carbocycles. The van der Waals surface area contributed by atoms with Crippen LogP contribution in [0.3, 0.4) is 0 Å². The van der Waals surface area contributed by atoms with E-state index in [1.165, 1.54) is 10.9 Å². The van der Waals surface area contributed by atoms with Crippen LogP contribution in [0.2, 0.25) is 0 Å². The molecule has 1 N–H and O–H groups in total. The Hall–Kier alpha value is -1.82. The molecule has 16 heavy (non-hydrogen) atoms. The van der Waals surface area contributed by atoms with Gasteiger partial charge in [0, 0.05) is 19.1 Å². The van der Waals surface area contributed by atoms with E-state index in [0.29, 0.717) is 12.1 Å². The van der Waals surface area contributed by atoms with Gasteiger partial charge in [0.2, 0.25) is 0 Å². The van der Waals surface area contributed by atoms with Crippen LogP contribution in [0.5, 0.6) is 0 Å². The second-order valence-corrected chi connectivity index (χ2v) is 3.26. The maximum absolute atomic E-state index is 12.9. The van der Waals surface area contributed by atoms with Crippen molar-refractivity contribution in [2.24, 2.45) is 0 Å². The molecule has 0 aliphatic heterocycles. The van der Waals surface area contributed by atoms with Crippen molar-refractivity contribution in [3.63, 3.8) is 0 Å². The molecule has 0 saturated heterocycles. The summed E-state index contributed by atoms with van der Waals surface area (Å²) in [6.07, 6.45) is 1.88. The number of benzene rings is 1.